The molecular formula is C21H20F2N6O. The predicted molar refractivity (Wildman–Crippen MR) is 109 cm³/mol. The summed E-state index contributed by atoms with van der Waals surface area (Å²) in [5.74, 6) is 0.585. The van der Waals surface area contributed by atoms with Gasteiger partial charge in [-0.1, -0.05) is 0 Å². The molecule has 30 heavy (non-hydrogen) atoms. The van der Waals surface area contributed by atoms with Crippen molar-refractivity contribution in [3.8, 4) is 11.8 Å². The second kappa shape index (κ2) is 8.10. The zero-order valence-corrected chi connectivity index (χ0v) is 16.2. The smallest absolute Gasteiger partial charge is 0.387 e. The van der Waals surface area contributed by atoms with Crippen molar-refractivity contribution in [2.75, 3.05) is 13.1 Å². The van der Waals surface area contributed by atoms with Crippen LogP contribution in [0, 0.1) is 18.3 Å². The maximum atomic E-state index is 13.2. The van der Waals surface area contributed by atoms with Gasteiger partial charge in [-0.3, -0.25) is 0 Å². The monoisotopic (exact) mass is 410 g/mol. The number of halogens is 2. The summed E-state index contributed by atoms with van der Waals surface area (Å²) < 4.78 is 31.3. The number of alkyl halides is 2. The zero-order valence-electron chi connectivity index (χ0n) is 16.2. The van der Waals surface area contributed by atoms with Crippen molar-refractivity contribution >= 4 is 21.9 Å². The maximum Gasteiger partial charge on any atom is 0.387 e. The van der Waals surface area contributed by atoms with Gasteiger partial charge in [0.2, 0.25) is 0 Å². The minimum Gasteiger partial charge on any atom is -0.434 e. The largest absolute Gasteiger partial charge is 0.434 e. The summed E-state index contributed by atoms with van der Waals surface area (Å²) in [5, 5.41) is 13.2. The Morgan fingerprint density at radius 2 is 2.13 bits per heavy atom. The third kappa shape index (κ3) is 3.58. The molecule has 0 fully saturated rings. The molecule has 0 aliphatic rings. The lowest BCUT2D eigenvalue weighted by Gasteiger charge is -2.22. The van der Waals surface area contributed by atoms with Crippen LogP contribution in [0.25, 0.3) is 21.9 Å². The van der Waals surface area contributed by atoms with Crippen molar-refractivity contribution in [3.05, 3.63) is 59.0 Å². The molecule has 0 radical (unpaired) electrons. The number of ether oxygens (including phenoxy) is 1. The van der Waals surface area contributed by atoms with E-state index in [-0.39, 0.29) is 5.75 Å². The molecule has 0 amide bonds. The first-order valence-corrected chi connectivity index (χ1v) is 9.40. The van der Waals surface area contributed by atoms with E-state index in [0.29, 0.717) is 41.1 Å². The number of hydrogen-bond acceptors (Lipinski definition) is 5. The molecule has 0 spiro atoms. The number of nitrogens with one attached hydrogen (secondary N) is 3. The Morgan fingerprint density at radius 3 is 2.87 bits per heavy atom. The lowest BCUT2D eigenvalue weighted by molar-refractivity contribution is -0.0505. The van der Waals surface area contributed by atoms with Crippen molar-refractivity contribution in [1.29, 1.82) is 5.26 Å². The number of H-pyrrole nitrogens is 2. The Bertz CT molecular complexity index is 1240. The zero-order chi connectivity index (χ0) is 21.3. The van der Waals surface area contributed by atoms with Crippen LogP contribution in [0.3, 0.4) is 0 Å². The highest BCUT2D eigenvalue weighted by molar-refractivity contribution is 5.89. The van der Waals surface area contributed by atoms with E-state index in [1.807, 2.05) is 13.0 Å². The minimum absolute atomic E-state index is 0.0716. The number of benzene rings is 2. The number of nitrogens with two attached hydrogens (primary N) is 1. The van der Waals surface area contributed by atoms with Crippen molar-refractivity contribution in [2.24, 2.45) is 5.73 Å². The Balaban J connectivity index is 1.93. The van der Waals surface area contributed by atoms with Gasteiger partial charge in [0.05, 0.1) is 28.7 Å². The summed E-state index contributed by atoms with van der Waals surface area (Å²) in [6, 6.07) is 10.0. The van der Waals surface area contributed by atoms with Crippen LogP contribution < -0.4 is 15.8 Å². The second-order valence-electron chi connectivity index (χ2n) is 6.89. The molecule has 1 atom stereocenters. The van der Waals surface area contributed by atoms with E-state index in [2.05, 4.69) is 26.3 Å². The molecule has 1 unspecified atom stereocenters. The molecule has 2 aromatic heterocycles. The molecule has 2 heterocycles. The quantitative estimate of drug-likeness (QED) is 0.372. The number of nitriles is 1. The fraction of sp³-hybridized carbons (Fsp3) is 0.238. The summed E-state index contributed by atoms with van der Waals surface area (Å²) in [4.78, 5) is 11.0. The van der Waals surface area contributed by atoms with E-state index in [1.54, 1.807) is 30.5 Å². The highest BCUT2D eigenvalue weighted by Gasteiger charge is 2.26. The molecule has 0 saturated heterocycles. The number of nitrogens with zero attached hydrogens (tertiary/aromatic N) is 2. The number of imidazole rings is 1. The molecule has 0 saturated carbocycles. The van der Waals surface area contributed by atoms with Gasteiger partial charge in [0, 0.05) is 35.8 Å². The normalized spacial score (nSPS) is 12.5. The Hall–Kier alpha value is -3.48. The van der Waals surface area contributed by atoms with Crippen LogP contribution in [0.1, 0.15) is 28.6 Å². The van der Waals surface area contributed by atoms with E-state index in [1.165, 1.54) is 0 Å². The van der Waals surface area contributed by atoms with Gasteiger partial charge in [0.1, 0.15) is 11.6 Å². The summed E-state index contributed by atoms with van der Waals surface area (Å²) in [6.07, 6.45) is 1.76. The van der Waals surface area contributed by atoms with Crippen LogP contribution in [-0.4, -0.2) is 34.7 Å². The van der Waals surface area contributed by atoms with Gasteiger partial charge in [0.25, 0.3) is 0 Å². The highest BCUT2D eigenvalue weighted by Crippen LogP contribution is 2.38. The first-order chi connectivity index (χ1) is 14.5. The molecule has 5 N–H and O–H groups in total. The molecule has 4 rings (SSSR count). The van der Waals surface area contributed by atoms with Crippen LogP contribution in [0.15, 0.2) is 36.5 Å². The van der Waals surface area contributed by atoms with Crippen molar-refractivity contribution in [3.63, 3.8) is 0 Å². The van der Waals surface area contributed by atoms with Gasteiger partial charge >= 0.3 is 6.61 Å². The summed E-state index contributed by atoms with van der Waals surface area (Å²) in [7, 11) is 0. The van der Waals surface area contributed by atoms with E-state index >= 15 is 0 Å². The molecule has 4 aromatic rings. The van der Waals surface area contributed by atoms with Gasteiger partial charge in [-0.15, -0.1) is 0 Å². The standard InChI is InChI=1S/C21H20F2N6O/c1-11-8-16(30-21(22)23)17(13-4-6-26-18(11)13)19(27-7-5-24)20-28-14-3-2-12(10-25)9-15(14)29-20/h2-4,6,8-9,19,21,26-27H,5,7,24H2,1H3,(H,28,29). The third-order valence-electron chi connectivity index (χ3n) is 4.94. The van der Waals surface area contributed by atoms with E-state index in [9.17, 15) is 8.78 Å². The van der Waals surface area contributed by atoms with Crippen molar-refractivity contribution in [2.45, 2.75) is 19.6 Å². The van der Waals surface area contributed by atoms with Gasteiger partial charge in [-0.05, 0) is 42.8 Å². The fourth-order valence-electron chi connectivity index (χ4n) is 3.69. The summed E-state index contributed by atoms with van der Waals surface area (Å²) >= 11 is 0. The minimum atomic E-state index is -2.97. The fourth-order valence-corrected chi connectivity index (χ4v) is 3.69. The Morgan fingerprint density at radius 1 is 1.30 bits per heavy atom. The average Bonchev–Trinajstić information content (AvgIpc) is 3.36. The van der Waals surface area contributed by atoms with Gasteiger partial charge in [-0.2, -0.15) is 14.0 Å². The third-order valence-corrected chi connectivity index (χ3v) is 4.94. The first-order valence-electron chi connectivity index (χ1n) is 9.40. The maximum absolute atomic E-state index is 13.2. The van der Waals surface area contributed by atoms with E-state index < -0.39 is 12.7 Å². The van der Waals surface area contributed by atoms with Crippen LogP contribution in [0.2, 0.25) is 0 Å². The molecular weight excluding hydrogens is 390 g/mol. The van der Waals surface area contributed by atoms with Crippen LogP contribution >= 0.6 is 0 Å². The molecule has 0 aliphatic carbocycles. The molecule has 2 aromatic carbocycles. The molecule has 0 aliphatic heterocycles. The van der Waals surface area contributed by atoms with Gasteiger partial charge < -0.3 is 25.8 Å². The van der Waals surface area contributed by atoms with Crippen LogP contribution in [0.4, 0.5) is 8.78 Å². The van der Waals surface area contributed by atoms with E-state index in [0.717, 1.165) is 16.5 Å². The number of hydrogen-bond donors (Lipinski definition) is 4. The molecule has 0 bridgehead atoms. The van der Waals surface area contributed by atoms with Gasteiger partial charge in [-0.25, -0.2) is 4.98 Å². The Labute approximate surface area is 170 Å². The SMILES string of the molecule is Cc1cc(OC(F)F)c(C(NCCN)c2nc3ccc(C#N)cc3[nH]2)c2cc[nH]c12. The van der Waals surface area contributed by atoms with Crippen LogP contribution in [-0.2, 0) is 0 Å². The number of fused-ring (bicyclic) bond motifs is 2. The number of aryl methyl sites for hydroxylation is 1. The average molecular weight is 410 g/mol. The van der Waals surface area contributed by atoms with Crippen LogP contribution in [0.5, 0.6) is 5.75 Å². The van der Waals surface area contributed by atoms with Crippen molar-refractivity contribution in [1.82, 2.24) is 20.3 Å². The molecule has 9 heteroatoms. The van der Waals surface area contributed by atoms with E-state index in [4.69, 9.17) is 15.7 Å². The number of aromatic nitrogens is 3. The lowest BCUT2D eigenvalue weighted by atomic mass is 9.98. The lowest BCUT2D eigenvalue weighted by Crippen LogP contribution is -2.29. The highest BCUT2D eigenvalue weighted by atomic mass is 19.3. The Kier molecular flexibility index (Phi) is 5.35. The topological polar surface area (TPSA) is 116 Å². The second-order valence-corrected chi connectivity index (χ2v) is 6.89. The molecule has 7 nitrogen and oxygen atoms in total. The molecule has 154 valence electrons. The summed E-state index contributed by atoms with van der Waals surface area (Å²) in [5.41, 5.74) is 9.68. The number of rotatable bonds is 7. The first kappa shape index (κ1) is 19.8. The summed E-state index contributed by atoms with van der Waals surface area (Å²) in [6.45, 7) is -0.362. The van der Waals surface area contributed by atoms with Gasteiger partial charge in [0.15, 0.2) is 0 Å². The number of aromatic amines is 2. The van der Waals surface area contributed by atoms with Crippen molar-refractivity contribution < 1.29 is 13.5 Å². The predicted octanol–water partition coefficient (Wildman–Crippen LogP) is 3.46.